The summed E-state index contributed by atoms with van der Waals surface area (Å²) in [5.41, 5.74) is 6.89. The molecule has 3 aliphatic rings. The van der Waals surface area contributed by atoms with Crippen LogP contribution in [0, 0.1) is 34.5 Å². The maximum Gasteiger partial charge on any atom is 0.333 e. The molecule has 29 nitrogen and oxygen atoms in total. The Kier molecular flexibility index (Phi) is 32.5. The molecule has 1 aliphatic carbocycles. The van der Waals surface area contributed by atoms with Crippen molar-refractivity contribution >= 4 is 86.5 Å². The summed E-state index contributed by atoms with van der Waals surface area (Å²) in [5, 5.41) is 38.5. The fraction of sp³-hybridized carbons (Fsp3) is 0.580. The predicted octanol–water partition coefficient (Wildman–Crippen LogP) is 3.03. The number of aryl methyl sites for hydroxylation is 2. The van der Waals surface area contributed by atoms with Gasteiger partial charge in [-0.15, -0.1) is 0 Å². The number of amides is 7. The molecule has 5 rings (SSSR count). The average Bonchev–Trinajstić information content (AvgIpc) is 1.75. The maximum absolute atomic E-state index is 13.7. The standard InChI is InChI=1S/C38H55N5O13S.C31H41NO10/c1-25(2)29(22-28(44)14-16-42(17-18-55-19-20-57(52,53)54)34(48)23-43-32(46)12-13-33(43)47)35(49)41-30(7-6-15-40-37(39)51)31(45)21-26-8-10-27(11-9-26)24-56-36(50)38(3,4)5;1-17-26(37)27(38)30(42-28(17)29(39)40)41-23-15-18(8-9-19(23)10-13-24(35)31(2,3)4)7-5-6-14-32-25(36)16-20-21(33)11-12-22(20)34/h8-13,25,29-30H,6-7,14-24H2,1-5H3,(H,41,49)(H3,39,40,51)(H,52,53,54);8-9,11-12,15,17,20,26-28,30,37-38H,5-7,10,13-14,16H2,1-4H3,(H,32,36)(H,39,40)/t29-,30-;17-,26-,27+,28-,30+/m00/s1. The Morgan fingerprint density at radius 2 is 1.37 bits per heavy atom. The van der Waals surface area contributed by atoms with Crippen LogP contribution < -0.4 is 26.4 Å². The van der Waals surface area contributed by atoms with E-state index in [4.69, 9.17) is 29.2 Å². The minimum absolute atomic E-state index is 0.0460. The van der Waals surface area contributed by atoms with E-state index in [-0.39, 0.29) is 119 Å². The zero-order valence-electron chi connectivity index (χ0n) is 57.6. The number of carbonyl (C=O) groups is 13. The van der Waals surface area contributed by atoms with E-state index in [9.17, 15) is 86.1 Å². The van der Waals surface area contributed by atoms with E-state index >= 15 is 0 Å². The number of carboxylic acids is 1. The summed E-state index contributed by atoms with van der Waals surface area (Å²) < 4.78 is 53.0. The Balaban J connectivity index is 0.000000439. The van der Waals surface area contributed by atoms with Gasteiger partial charge < -0.3 is 60.9 Å². The molecule has 9 N–H and O–H groups in total. The Labute approximate surface area is 576 Å². The molecule has 0 spiro atoms. The van der Waals surface area contributed by atoms with Crippen molar-refractivity contribution in [2.75, 3.05) is 51.7 Å². The van der Waals surface area contributed by atoms with Crippen LogP contribution in [-0.4, -0.2) is 197 Å². The van der Waals surface area contributed by atoms with Gasteiger partial charge >= 0.3 is 18.0 Å². The number of benzene rings is 2. The summed E-state index contributed by atoms with van der Waals surface area (Å²) in [6, 6.07) is 10.6. The Morgan fingerprint density at radius 1 is 0.758 bits per heavy atom. The highest BCUT2D eigenvalue weighted by molar-refractivity contribution is 7.85. The van der Waals surface area contributed by atoms with Gasteiger partial charge in [-0.2, -0.15) is 8.42 Å². The van der Waals surface area contributed by atoms with Gasteiger partial charge in [0.25, 0.3) is 21.9 Å². The van der Waals surface area contributed by atoms with Crippen LogP contribution in [0.4, 0.5) is 4.79 Å². The zero-order valence-corrected chi connectivity index (χ0v) is 58.4. The van der Waals surface area contributed by atoms with Crippen molar-refractivity contribution in [3.05, 3.63) is 89.0 Å². The Morgan fingerprint density at radius 3 is 1.96 bits per heavy atom. The van der Waals surface area contributed by atoms with Gasteiger partial charge in [0.15, 0.2) is 23.5 Å². The number of esters is 1. The van der Waals surface area contributed by atoms with Crippen LogP contribution in [0.15, 0.2) is 66.8 Å². The van der Waals surface area contributed by atoms with Crippen molar-refractivity contribution in [1.82, 2.24) is 25.8 Å². The summed E-state index contributed by atoms with van der Waals surface area (Å²) in [5.74, 6) is -9.34. The molecule has 30 heteroatoms. The number of urea groups is 1. The van der Waals surface area contributed by atoms with Gasteiger partial charge in [-0.25, -0.2) is 9.59 Å². The normalized spacial score (nSPS) is 18.5. The number of hydrogen-bond donors (Lipinski definition) is 8. The first kappa shape index (κ1) is 83.0. The summed E-state index contributed by atoms with van der Waals surface area (Å²) in [6.07, 6.45) is 1.03. The number of unbranched alkanes of at least 4 members (excludes halogenated alkanes) is 1. The molecule has 546 valence electrons. The minimum Gasteiger partial charge on any atom is -0.479 e. The van der Waals surface area contributed by atoms with Gasteiger partial charge in [0.2, 0.25) is 24.0 Å². The summed E-state index contributed by atoms with van der Waals surface area (Å²) in [4.78, 5) is 163. The van der Waals surface area contributed by atoms with E-state index in [1.54, 1.807) is 65.0 Å². The Hall–Kier alpha value is -8.42. The quantitative estimate of drug-likeness (QED) is 0.0157. The monoisotopic (exact) mass is 1410 g/mol. The topological polar surface area (TPSA) is 442 Å². The van der Waals surface area contributed by atoms with Crippen LogP contribution in [-0.2, 0) is 108 Å². The van der Waals surface area contributed by atoms with Crippen molar-refractivity contribution in [3.8, 4) is 5.75 Å². The van der Waals surface area contributed by atoms with Crippen LogP contribution in [0.3, 0.4) is 0 Å². The molecular weight excluding hydrogens is 1310 g/mol. The molecule has 99 heavy (non-hydrogen) atoms. The lowest BCUT2D eigenvalue weighted by molar-refractivity contribution is -0.256. The molecule has 0 saturated carbocycles. The molecule has 1 saturated heterocycles. The lowest BCUT2D eigenvalue weighted by Crippen LogP contribution is -2.57. The van der Waals surface area contributed by atoms with Crippen LogP contribution >= 0.6 is 0 Å². The number of ketones is 5. The minimum atomic E-state index is -4.28. The van der Waals surface area contributed by atoms with Crippen molar-refractivity contribution in [1.29, 1.82) is 0 Å². The van der Waals surface area contributed by atoms with Crippen LogP contribution in [0.2, 0.25) is 0 Å². The third-order valence-corrected chi connectivity index (χ3v) is 17.2. The van der Waals surface area contributed by atoms with Crippen molar-refractivity contribution < 1.29 is 110 Å². The van der Waals surface area contributed by atoms with Gasteiger partial charge in [-0.1, -0.05) is 77.9 Å². The molecule has 7 atom stereocenters. The van der Waals surface area contributed by atoms with Gasteiger partial charge in [-0.3, -0.25) is 62.2 Å². The number of aliphatic carboxylic acids is 1. The highest BCUT2D eigenvalue weighted by Crippen LogP contribution is 2.32. The predicted molar refractivity (Wildman–Crippen MR) is 356 cm³/mol. The van der Waals surface area contributed by atoms with Crippen LogP contribution in [0.1, 0.15) is 136 Å². The fourth-order valence-corrected chi connectivity index (χ4v) is 10.6. The average molecular weight is 1410 g/mol. The first-order valence-corrected chi connectivity index (χ1v) is 34.4. The second-order valence-corrected chi connectivity index (χ2v) is 28.6. The third-order valence-electron chi connectivity index (χ3n) is 16.5. The van der Waals surface area contributed by atoms with E-state index in [1.807, 2.05) is 32.9 Å². The number of carboxylic acid groups (broad SMARTS) is 1. The van der Waals surface area contributed by atoms with E-state index in [2.05, 4.69) is 16.0 Å². The van der Waals surface area contributed by atoms with Crippen molar-refractivity contribution in [3.63, 3.8) is 0 Å². The van der Waals surface area contributed by atoms with E-state index in [0.717, 1.165) is 28.2 Å². The smallest absolute Gasteiger partial charge is 0.333 e. The molecule has 0 bridgehead atoms. The molecule has 0 aromatic heterocycles. The number of imide groups is 1. The summed E-state index contributed by atoms with van der Waals surface area (Å²) in [7, 11) is -4.28. The maximum atomic E-state index is 13.7. The fourth-order valence-electron chi connectivity index (χ4n) is 10.3. The number of aliphatic hydroxyl groups is 2. The number of Topliss-reactive ketones (excluding diaryl/α,β-unsaturated/α-hetero) is 3. The number of carbonyl (C=O) groups excluding carboxylic acids is 12. The number of aliphatic hydroxyl groups excluding tert-OH is 2. The van der Waals surface area contributed by atoms with Gasteiger partial charge in [-0.05, 0) is 106 Å². The molecule has 7 amide bonds. The molecular formula is C69H96N6O23S. The summed E-state index contributed by atoms with van der Waals surface area (Å²) in [6.45, 7) is 14.8. The molecule has 1 fully saturated rings. The number of hydrogen-bond acceptors (Lipinski definition) is 21. The van der Waals surface area contributed by atoms with Crippen molar-refractivity contribution in [2.24, 2.45) is 40.2 Å². The number of nitrogens with zero attached hydrogens (tertiary/aromatic N) is 2. The second kappa shape index (κ2) is 38.8. The number of allylic oxidation sites excluding steroid dienone is 2. The number of nitrogens with one attached hydrogen (secondary N) is 3. The molecule has 2 heterocycles. The number of nitrogens with two attached hydrogens (primary N) is 1. The largest absolute Gasteiger partial charge is 0.479 e. The molecule has 2 aromatic carbocycles. The third kappa shape index (κ3) is 28.4. The van der Waals surface area contributed by atoms with Crippen LogP contribution in [0.5, 0.6) is 5.75 Å². The second-order valence-electron chi connectivity index (χ2n) is 27.0. The van der Waals surface area contributed by atoms with Crippen LogP contribution in [0.25, 0.3) is 0 Å². The zero-order chi connectivity index (χ0) is 74.1. The van der Waals surface area contributed by atoms with Gasteiger partial charge in [0.05, 0.1) is 42.4 Å². The highest BCUT2D eigenvalue weighted by Gasteiger charge is 2.47. The number of ether oxygens (including phenoxy) is 4. The van der Waals surface area contributed by atoms with Crippen molar-refractivity contribution in [2.45, 2.75) is 170 Å². The lowest BCUT2D eigenvalue weighted by Gasteiger charge is -2.39. The number of primary amides is 1. The highest BCUT2D eigenvalue weighted by atomic mass is 32.2. The van der Waals surface area contributed by atoms with E-state index in [1.165, 1.54) is 24.0 Å². The Bertz CT molecular complexity index is 3370. The SMILES string of the molecule is CC(C)[C@H](CC(=O)CCN(CCOCCS(=O)(=O)O)C(=O)CN1C(=O)C=CC1=O)C(=O)N[C@@H](CCCNC(N)=O)C(=O)Cc1ccc(COC(=O)C(C)(C)C)cc1.C[C@H]1[C@H](O)[C@@H](O)[C@H](Oc2cc(CCCCNC(=O)CC3C(=O)C=CC3=O)ccc2CCC(=O)C(C)(C)C)O[C@@H]1C(=O)O. The number of rotatable bonds is 38. The molecule has 0 radical (unpaired) electrons. The van der Waals surface area contributed by atoms with Gasteiger partial charge in [0, 0.05) is 87.7 Å². The van der Waals surface area contributed by atoms with E-state index < -0.39 is 123 Å². The first-order chi connectivity index (χ1) is 46.2. The molecule has 2 aromatic rings. The first-order valence-electron chi connectivity index (χ1n) is 32.8. The van der Waals surface area contributed by atoms with E-state index in [0.29, 0.717) is 55.5 Å². The molecule has 0 unspecified atom stereocenters. The summed E-state index contributed by atoms with van der Waals surface area (Å²) >= 11 is 0. The molecule has 2 aliphatic heterocycles. The lowest BCUT2D eigenvalue weighted by atomic mass is 9.87. The van der Waals surface area contributed by atoms with Gasteiger partial charge in [0.1, 0.15) is 36.6 Å².